The lowest BCUT2D eigenvalue weighted by Crippen LogP contribution is -2.21. The molecule has 6 rings (SSSR count). The fraction of sp³-hybridized carbons (Fsp3) is 0.194. The molecule has 0 amide bonds. The van der Waals surface area contributed by atoms with Crippen LogP contribution in [0.25, 0.3) is 44.6 Å². The second-order valence-electron chi connectivity index (χ2n) is 9.27. The van der Waals surface area contributed by atoms with Crippen molar-refractivity contribution in [3.8, 4) is 22.5 Å². The average molecular weight is 487 g/mol. The maximum Gasteiger partial charge on any atom is 0.166 e. The van der Waals surface area contributed by atoms with Gasteiger partial charge in [0, 0.05) is 24.3 Å². The molecule has 0 bridgehead atoms. The Balaban J connectivity index is 1.70. The van der Waals surface area contributed by atoms with Gasteiger partial charge in [-0.3, -0.25) is 0 Å². The van der Waals surface area contributed by atoms with Gasteiger partial charge in [0.1, 0.15) is 0 Å². The second-order valence-corrected chi connectivity index (χ2v) is 9.27. The van der Waals surface area contributed by atoms with Gasteiger partial charge in [0.25, 0.3) is 0 Å². The van der Waals surface area contributed by atoms with Gasteiger partial charge in [-0.15, -0.1) is 0 Å². The molecule has 0 saturated heterocycles. The van der Waals surface area contributed by atoms with E-state index < -0.39 is 0 Å². The van der Waals surface area contributed by atoms with Gasteiger partial charge in [0.2, 0.25) is 0 Å². The predicted molar refractivity (Wildman–Crippen MR) is 152 cm³/mol. The van der Waals surface area contributed by atoms with Crippen LogP contribution in [0, 0.1) is 13.8 Å². The van der Waals surface area contributed by atoms with Crippen molar-refractivity contribution in [2.24, 2.45) is 0 Å². The van der Waals surface area contributed by atoms with Crippen LogP contribution in [0.4, 0.5) is 5.69 Å². The van der Waals surface area contributed by atoms with E-state index in [0.717, 1.165) is 69.0 Å². The molecule has 0 spiro atoms. The van der Waals surface area contributed by atoms with Crippen molar-refractivity contribution in [1.29, 1.82) is 0 Å². The molecule has 0 unspecified atom stereocenters. The summed E-state index contributed by atoms with van der Waals surface area (Å²) >= 11 is 0. The highest BCUT2D eigenvalue weighted by Crippen LogP contribution is 2.39. The van der Waals surface area contributed by atoms with E-state index in [0.29, 0.717) is 0 Å². The molecule has 6 aromatic rings. The molecule has 6 heteroatoms. The maximum atomic E-state index is 5.22. The standard InChI is InChI=1S/C31H30N6/c1-5-35(6-2)24-19-17-23(18-20-24)29-27-21(3)33-36(25-13-9-7-10-14-25)30(27)32-31-28(29)22(4)34-37(31)26-15-11-8-12-16-26/h7-20H,5-6H2,1-4H3. The van der Waals surface area contributed by atoms with Crippen LogP contribution >= 0.6 is 0 Å². The molecule has 0 aliphatic carbocycles. The molecule has 3 heterocycles. The van der Waals surface area contributed by atoms with E-state index >= 15 is 0 Å². The molecule has 3 aromatic carbocycles. The van der Waals surface area contributed by atoms with Crippen LogP contribution in [0.5, 0.6) is 0 Å². The molecule has 184 valence electrons. The zero-order chi connectivity index (χ0) is 25.5. The van der Waals surface area contributed by atoms with Gasteiger partial charge in [0.15, 0.2) is 11.3 Å². The lowest BCUT2D eigenvalue weighted by atomic mass is 9.97. The van der Waals surface area contributed by atoms with Crippen LogP contribution in [0.15, 0.2) is 84.9 Å². The summed E-state index contributed by atoms with van der Waals surface area (Å²) in [4.78, 5) is 7.58. The Morgan fingerprint density at radius 1 is 0.622 bits per heavy atom. The lowest BCUT2D eigenvalue weighted by Gasteiger charge is -2.21. The summed E-state index contributed by atoms with van der Waals surface area (Å²) in [6.07, 6.45) is 0. The van der Waals surface area contributed by atoms with Gasteiger partial charge in [-0.25, -0.2) is 14.3 Å². The van der Waals surface area contributed by atoms with E-state index in [9.17, 15) is 0 Å². The van der Waals surface area contributed by atoms with Crippen molar-refractivity contribution in [3.63, 3.8) is 0 Å². The number of hydrogen-bond donors (Lipinski definition) is 0. The van der Waals surface area contributed by atoms with E-state index in [1.165, 1.54) is 5.69 Å². The molecular weight excluding hydrogens is 456 g/mol. The first kappa shape index (κ1) is 23.0. The Bertz CT molecular complexity index is 1590. The zero-order valence-electron chi connectivity index (χ0n) is 21.7. The second kappa shape index (κ2) is 9.21. The van der Waals surface area contributed by atoms with E-state index in [1.807, 2.05) is 45.8 Å². The number of para-hydroxylation sites is 2. The first-order valence-electron chi connectivity index (χ1n) is 12.9. The number of rotatable bonds is 6. The highest BCUT2D eigenvalue weighted by atomic mass is 15.3. The molecule has 3 aromatic heterocycles. The largest absolute Gasteiger partial charge is 0.372 e. The Morgan fingerprint density at radius 3 is 1.51 bits per heavy atom. The SMILES string of the molecule is CCN(CC)c1ccc(-c2c3c(C)nn(-c4ccccc4)c3nc3c2c(C)nn3-c2ccccc2)cc1. The Labute approximate surface area is 216 Å². The van der Waals surface area contributed by atoms with Gasteiger partial charge in [-0.1, -0.05) is 48.5 Å². The van der Waals surface area contributed by atoms with Crippen LogP contribution in [0.3, 0.4) is 0 Å². The van der Waals surface area contributed by atoms with E-state index in [2.05, 4.69) is 81.1 Å². The van der Waals surface area contributed by atoms with Gasteiger partial charge in [0.05, 0.1) is 33.5 Å². The fourth-order valence-corrected chi connectivity index (χ4v) is 5.26. The summed E-state index contributed by atoms with van der Waals surface area (Å²) in [7, 11) is 0. The topological polar surface area (TPSA) is 51.8 Å². The number of anilines is 1. The number of hydrogen-bond acceptors (Lipinski definition) is 4. The summed E-state index contributed by atoms with van der Waals surface area (Å²) in [6.45, 7) is 10.5. The average Bonchev–Trinajstić information content (AvgIpc) is 3.46. The smallest absolute Gasteiger partial charge is 0.166 e. The summed E-state index contributed by atoms with van der Waals surface area (Å²) in [5.41, 5.74) is 9.02. The Hall–Kier alpha value is -4.45. The van der Waals surface area contributed by atoms with Crippen molar-refractivity contribution < 1.29 is 0 Å². The van der Waals surface area contributed by atoms with Crippen molar-refractivity contribution in [3.05, 3.63) is 96.3 Å². The van der Waals surface area contributed by atoms with Crippen molar-refractivity contribution in [2.75, 3.05) is 18.0 Å². The van der Waals surface area contributed by atoms with E-state index in [4.69, 9.17) is 15.2 Å². The van der Waals surface area contributed by atoms with Crippen molar-refractivity contribution in [2.45, 2.75) is 27.7 Å². The highest BCUT2D eigenvalue weighted by molar-refractivity contribution is 6.10. The number of aromatic nitrogens is 5. The number of aryl methyl sites for hydroxylation is 2. The van der Waals surface area contributed by atoms with Crippen LogP contribution in [-0.2, 0) is 0 Å². The minimum atomic E-state index is 0.830. The first-order chi connectivity index (χ1) is 18.1. The predicted octanol–water partition coefficient (Wildman–Crippen LogP) is 6.89. The summed E-state index contributed by atoms with van der Waals surface area (Å²) < 4.78 is 3.91. The molecule has 0 aliphatic rings. The van der Waals surface area contributed by atoms with Crippen LogP contribution in [-0.4, -0.2) is 37.6 Å². The molecule has 0 saturated carbocycles. The number of nitrogens with zero attached hydrogens (tertiary/aromatic N) is 6. The van der Waals surface area contributed by atoms with E-state index in [-0.39, 0.29) is 0 Å². The molecule has 37 heavy (non-hydrogen) atoms. The maximum absolute atomic E-state index is 5.22. The van der Waals surface area contributed by atoms with Gasteiger partial charge in [-0.05, 0) is 69.7 Å². The third-order valence-electron chi connectivity index (χ3n) is 7.07. The third-order valence-corrected chi connectivity index (χ3v) is 7.07. The lowest BCUT2D eigenvalue weighted by molar-refractivity contribution is 0.863. The Kier molecular flexibility index (Phi) is 5.72. The molecular formula is C31H30N6. The highest BCUT2D eigenvalue weighted by Gasteiger charge is 2.24. The van der Waals surface area contributed by atoms with Crippen LogP contribution in [0.1, 0.15) is 25.2 Å². The number of pyridine rings is 1. The molecule has 6 nitrogen and oxygen atoms in total. The summed E-state index contributed by atoms with van der Waals surface area (Å²) in [5.74, 6) is 0. The minimum Gasteiger partial charge on any atom is -0.372 e. The molecule has 0 fully saturated rings. The third kappa shape index (κ3) is 3.76. The summed E-state index contributed by atoms with van der Waals surface area (Å²) in [6, 6.07) is 29.3. The molecule has 0 aliphatic heterocycles. The van der Waals surface area contributed by atoms with Crippen molar-refractivity contribution in [1.82, 2.24) is 24.5 Å². The normalized spacial score (nSPS) is 11.5. The van der Waals surface area contributed by atoms with Crippen LogP contribution < -0.4 is 4.90 Å². The monoisotopic (exact) mass is 486 g/mol. The Morgan fingerprint density at radius 2 is 1.08 bits per heavy atom. The molecule has 0 N–H and O–H groups in total. The number of benzene rings is 3. The quantitative estimate of drug-likeness (QED) is 0.257. The van der Waals surface area contributed by atoms with E-state index in [1.54, 1.807) is 0 Å². The van der Waals surface area contributed by atoms with Gasteiger partial charge >= 0.3 is 0 Å². The summed E-state index contributed by atoms with van der Waals surface area (Å²) in [5, 5.41) is 12.1. The fourth-order valence-electron chi connectivity index (χ4n) is 5.26. The molecule has 0 radical (unpaired) electrons. The zero-order valence-corrected chi connectivity index (χ0v) is 21.7. The van der Waals surface area contributed by atoms with Gasteiger partial charge < -0.3 is 4.90 Å². The first-order valence-corrected chi connectivity index (χ1v) is 12.9. The molecule has 0 atom stereocenters. The van der Waals surface area contributed by atoms with Crippen LogP contribution in [0.2, 0.25) is 0 Å². The van der Waals surface area contributed by atoms with Crippen molar-refractivity contribution >= 4 is 27.8 Å². The minimum absolute atomic E-state index is 0.830. The number of fused-ring (bicyclic) bond motifs is 2. The van der Waals surface area contributed by atoms with Gasteiger partial charge in [-0.2, -0.15) is 10.2 Å².